The van der Waals surface area contributed by atoms with Crippen molar-refractivity contribution in [2.45, 2.75) is 6.54 Å². The molecule has 4 aromatic rings. The van der Waals surface area contributed by atoms with Crippen LogP contribution in [0.5, 0.6) is 0 Å². The number of rotatable bonds is 3. The van der Waals surface area contributed by atoms with E-state index < -0.39 is 0 Å². The molecule has 22 heavy (non-hydrogen) atoms. The number of nitrogens with one attached hydrogen (secondary N) is 2. The topological polar surface area (TPSA) is 84.3 Å². The van der Waals surface area contributed by atoms with Gasteiger partial charge in [-0.3, -0.25) is 0 Å². The van der Waals surface area contributed by atoms with Gasteiger partial charge in [0.15, 0.2) is 17.0 Å². The van der Waals surface area contributed by atoms with Gasteiger partial charge in [0, 0.05) is 7.05 Å². The van der Waals surface area contributed by atoms with Crippen LogP contribution in [-0.2, 0) is 13.6 Å². The summed E-state index contributed by atoms with van der Waals surface area (Å²) in [6, 6.07) is 7.89. The molecule has 1 aromatic carbocycles. The highest BCUT2D eigenvalue weighted by molar-refractivity contribution is 6.28. The Hall–Kier alpha value is -2.67. The molecule has 110 valence electrons. The number of halogens is 1. The van der Waals surface area contributed by atoms with Crippen molar-refractivity contribution >= 4 is 39.6 Å². The van der Waals surface area contributed by atoms with Crippen LogP contribution in [0.25, 0.3) is 22.2 Å². The lowest BCUT2D eigenvalue weighted by Crippen LogP contribution is -2.05. The van der Waals surface area contributed by atoms with E-state index in [9.17, 15) is 0 Å². The monoisotopic (exact) mass is 313 g/mol. The molecule has 0 aliphatic carbocycles. The number of nitrogens with zero attached hydrogens (tertiary/aromatic N) is 5. The average molecular weight is 314 g/mol. The zero-order chi connectivity index (χ0) is 15.1. The highest BCUT2D eigenvalue weighted by atomic mass is 35.5. The van der Waals surface area contributed by atoms with E-state index in [1.807, 2.05) is 31.3 Å². The molecular weight excluding hydrogens is 302 g/mol. The van der Waals surface area contributed by atoms with Crippen LogP contribution in [0, 0.1) is 0 Å². The van der Waals surface area contributed by atoms with Gasteiger partial charge in [-0.05, 0) is 23.7 Å². The van der Waals surface area contributed by atoms with Crippen LogP contribution in [0.4, 0.5) is 5.82 Å². The van der Waals surface area contributed by atoms with E-state index in [1.54, 1.807) is 10.9 Å². The standard InChI is InChI=1S/C14H12ClN7/c1-22-7-17-11-12(20-14(15)21-13(11)22)16-6-10-18-8-4-2-3-5-9(8)19-10/h2-5,7H,6H2,1H3,(H,18,19)(H,16,20,21). The molecule has 0 radical (unpaired) electrons. The number of benzene rings is 1. The number of aryl methyl sites for hydroxylation is 1. The number of para-hydroxylation sites is 2. The van der Waals surface area contributed by atoms with Gasteiger partial charge < -0.3 is 14.9 Å². The molecule has 2 N–H and O–H groups in total. The van der Waals surface area contributed by atoms with Gasteiger partial charge in [0.2, 0.25) is 5.28 Å². The smallest absolute Gasteiger partial charge is 0.226 e. The first-order valence-corrected chi connectivity index (χ1v) is 7.10. The number of fused-ring (bicyclic) bond motifs is 2. The van der Waals surface area contributed by atoms with E-state index in [2.05, 4.69) is 30.2 Å². The van der Waals surface area contributed by atoms with Crippen LogP contribution in [0.2, 0.25) is 5.28 Å². The molecular formula is C14H12ClN7. The minimum absolute atomic E-state index is 0.184. The fourth-order valence-electron chi connectivity index (χ4n) is 2.36. The second-order valence-corrected chi connectivity index (χ2v) is 5.26. The summed E-state index contributed by atoms with van der Waals surface area (Å²) in [6.07, 6.45) is 1.68. The summed E-state index contributed by atoms with van der Waals surface area (Å²) in [4.78, 5) is 20.5. The minimum atomic E-state index is 0.184. The van der Waals surface area contributed by atoms with Crippen LogP contribution in [0.1, 0.15) is 5.82 Å². The number of aromatic nitrogens is 6. The molecule has 0 aliphatic heterocycles. The average Bonchev–Trinajstić information content (AvgIpc) is 3.09. The second-order valence-electron chi connectivity index (χ2n) is 4.92. The molecule has 8 heteroatoms. The summed E-state index contributed by atoms with van der Waals surface area (Å²) in [5, 5.41) is 3.40. The third kappa shape index (κ3) is 2.15. The maximum absolute atomic E-state index is 5.97. The van der Waals surface area contributed by atoms with Crippen molar-refractivity contribution in [2.75, 3.05) is 5.32 Å². The van der Waals surface area contributed by atoms with Crippen LogP contribution < -0.4 is 5.32 Å². The van der Waals surface area contributed by atoms with Gasteiger partial charge in [0.05, 0.1) is 23.9 Å². The number of aromatic amines is 1. The molecule has 4 rings (SSSR count). The Morgan fingerprint density at radius 3 is 2.95 bits per heavy atom. The van der Waals surface area contributed by atoms with Crippen LogP contribution in [-0.4, -0.2) is 29.5 Å². The molecule has 0 unspecified atom stereocenters. The fourth-order valence-corrected chi connectivity index (χ4v) is 2.52. The van der Waals surface area contributed by atoms with E-state index in [0.717, 1.165) is 16.9 Å². The number of anilines is 1. The summed E-state index contributed by atoms with van der Waals surface area (Å²) in [7, 11) is 1.86. The van der Waals surface area contributed by atoms with Crippen molar-refractivity contribution < 1.29 is 0 Å². The Morgan fingerprint density at radius 2 is 2.09 bits per heavy atom. The van der Waals surface area contributed by atoms with E-state index in [0.29, 0.717) is 23.5 Å². The highest BCUT2D eigenvalue weighted by Gasteiger charge is 2.11. The Morgan fingerprint density at radius 1 is 1.23 bits per heavy atom. The summed E-state index contributed by atoms with van der Waals surface area (Å²) in [6.45, 7) is 0.494. The first-order valence-electron chi connectivity index (χ1n) is 6.73. The van der Waals surface area contributed by atoms with E-state index >= 15 is 0 Å². The number of hydrogen-bond donors (Lipinski definition) is 2. The van der Waals surface area contributed by atoms with Crippen molar-refractivity contribution in [3.63, 3.8) is 0 Å². The van der Waals surface area contributed by atoms with Gasteiger partial charge in [-0.15, -0.1) is 0 Å². The number of imidazole rings is 2. The summed E-state index contributed by atoms with van der Waals surface area (Å²) >= 11 is 5.97. The maximum atomic E-state index is 5.97. The first kappa shape index (κ1) is 13.0. The number of H-pyrrole nitrogens is 1. The van der Waals surface area contributed by atoms with Gasteiger partial charge in [-0.2, -0.15) is 9.97 Å². The predicted octanol–water partition coefficient (Wildman–Crippen LogP) is 2.51. The molecule has 0 saturated heterocycles. The zero-order valence-electron chi connectivity index (χ0n) is 11.7. The third-order valence-corrected chi connectivity index (χ3v) is 3.56. The molecule has 7 nitrogen and oxygen atoms in total. The highest BCUT2D eigenvalue weighted by Crippen LogP contribution is 2.20. The van der Waals surface area contributed by atoms with Crippen molar-refractivity contribution in [1.29, 1.82) is 0 Å². The Labute approximate surface area is 130 Å². The second kappa shape index (κ2) is 4.96. The quantitative estimate of drug-likeness (QED) is 0.568. The molecule has 0 amide bonds. The number of hydrogen-bond acceptors (Lipinski definition) is 5. The Kier molecular flexibility index (Phi) is 2.93. The van der Waals surface area contributed by atoms with E-state index in [-0.39, 0.29) is 5.28 Å². The fraction of sp³-hybridized carbons (Fsp3) is 0.143. The molecule has 0 spiro atoms. The van der Waals surface area contributed by atoms with E-state index in [1.165, 1.54) is 0 Å². The Bertz CT molecular complexity index is 939. The predicted molar refractivity (Wildman–Crippen MR) is 84.7 cm³/mol. The SMILES string of the molecule is Cn1cnc2c(NCc3nc4ccccc4[nH]3)nc(Cl)nc21. The normalized spacial score (nSPS) is 11.4. The lowest BCUT2D eigenvalue weighted by Gasteiger charge is -2.04. The molecule has 0 atom stereocenters. The largest absolute Gasteiger partial charge is 0.361 e. The van der Waals surface area contributed by atoms with Gasteiger partial charge >= 0.3 is 0 Å². The Balaban J connectivity index is 1.66. The van der Waals surface area contributed by atoms with Crippen molar-refractivity contribution in [3.05, 3.63) is 41.7 Å². The first-order chi connectivity index (χ1) is 10.7. The lowest BCUT2D eigenvalue weighted by molar-refractivity contribution is 0.927. The molecule has 3 aromatic heterocycles. The zero-order valence-corrected chi connectivity index (χ0v) is 12.5. The lowest BCUT2D eigenvalue weighted by atomic mass is 10.3. The molecule has 0 aliphatic rings. The summed E-state index contributed by atoms with van der Waals surface area (Å²) < 4.78 is 1.80. The van der Waals surface area contributed by atoms with Crippen molar-refractivity contribution in [2.24, 2.45) is 7.05 Å². The van der Waals surface area contributed by atoms with Gasteiger partial charge in [0.1, 0.15) is 5.82 Å². The minimum Gasteiger partial charge on any atom is -0.361 e. The van der Waals surface area contributed by atoms with Crippen LogP contribution in [0.3, 0.4) is 0 Å². The van der Waals surface area contributed by atoms with E-state index in [4.69, 9.17) is 11.6 Å². The van der Waals surface area contributed by atoms with Crippen LogP contribution >= 0.6 is 11.6 Å². The molecule has 3 heterocycles. The summed E-state index contributed by atoms with van der Waals surface area (Å²) in [5.74, 6) is 1.41. The van der Waals surface area contributed by atoms with Crippen LogP contribution in [0.15, 0.2) is 30.6 Å². The molecule has 0 bridgehead atoms. The summed E-state index contributed by atoms with van der Waals surface area (Å²) in [5.41, 5.74) is 3.31. The van der Waals surface area contributed by atoms with Gasteiger partial charge in [-0.25, -0.2) is 9.97 Å². The van der Waals surface area contributed by atoms with Crippen molar-refractivity contribution in [1.82, 2.24) is 29.5 Å². The molecule has 0 saturated carbocycles. The van der Waals surface area contributed by atoms with Gasteiger partial charge in [-0.1, -0.05) is 12.1 Å². The van der Waals surface area contributed by atoms with Crippen molar-refractivity contribution in [3.8, 4) is 0 Å². The molecule has 0 fully saturated rings. The maximum Gasteiger partial charge on any atom is 0.226 e. The van der Waals surface area contributed by atoms with Gasteiger partial charge in [0.25, 0.3) is 0 Å². The third-order valence-electron chi connectivity index (χ3n) is 3.39.